The molecule has 0 saturated heterocycles. The SMILES string of the molecule is CCCCCCCC/C=C/CCCCCCCCCCCC(=O)OC(CCCCCCCCC)CC(=O)NC(CO)C(O)CCCCCCCCCCCCCC. The minimum atomic E-state index is -0.780. The number of aliphatic hydroxyl groups excluding tert-OH is 2. The highest BCUT2D eigenvalue weighted by atomic mass is 16.5. The van der Waals surface area contributed by atoms with Gasteiger partial charge in [0.15, 0.2) is 0 Å². The van der Waals surface area contributed by atoms with Crippen molar-refractivity contribution in [1.29, 1.82) is 0 Å². The molecule has 0 aliphatic rings. The standard InChI is InChI=1S/C51H99NO5/c1-4-7-10-13-16-18-20-22-23-24-25-26-27-28-30-32-35-38-41-44-51(56)57-47(42-39-36-33-15-12-9-6-3)45-50(55)52-48(46-53)49(54)43-40-37-34-31-29-21-19-17-14-11-8-5-2/h22-23,47-49,53-54H,4-21,24-46H2,1-3H3,(H,52,55)/b23-22+. The van der Waals surface area contributed by atoms with Crippen molar-refractivity contribution >= 4 is 11.9 Å². The Labute approximate surface area is 355 Å². The smallest absolute Gasteiger partial charge is 0.306 e. The van der Waals surface area contributed by atoms with Crippen LogP contribution in [-0.4, -0.2) is 46.9 Å². The summed E-state index contributed by atoms with van der Waals surface area (Å²) in [7, 11) is 0. The van der Waals surface area contributed by atoms with Crippen LogP contribution in [0, 0.1) is 0 Å². The van der Waals surface area contributed by atoms with Gasteiger partial charge in [-0.1, -0.05) is 226 Å². The van der Waals surface area contributed by atoms with Gasteiger partial charge in [0, 0.05) is 6.42 Å². The molecule has 3 N–H and O–H groups in total. The van der Waals surface area contributed by atoms with E-state index in [1.807, 2.05) is 0 Å². The molecule has 3 unspecified atom stereocenters. The van der Waals surface area contributed by atoms with Crippen LogP contribution < -0.4 is 5.32 Å². The first-order chi connectivity index (χ1) is 28.0. The molecule has 0 radical (unpaired) electrons. The second kappa shape index (κ2) is 45.7. The Morgan fingerprint density at radius 2 is 0.842 bits per heavy atom. The third-order valence-corrected chi connectivity index (χ3v) is 11.8. The van der Waals surface area contributed by atoms with Crippen LogP contribution in [0.1, 0.15) is 278 Å². The zero-order valence-corrected chi connectivity index (χ0v) is 38.5. The van der Waals surface area contributed by atoms with E-state index in [0.717, 1.165) is 44.9 Å². The Balaban J connectivity index is 4.31. The highest BCUT2D eigenvalue weighted by molar-refractivity contribution is 5.77. The fourth-order valence-electron chi connectivity index (χ4n) is 7.96. The molecule has 6 nitrogen and oxygen atoms in total. The lowest BCUT2D eigenvalue weighted by Gasteiger charge is -2.24. The molecular formula is C51H99NO5. The van der Waals surface area contributed by atoms with Crippen LogP contribution in [0.5, 0.6) is 0 Å². The highest BCUT2D eigenvalue weighted by Crippen LogP contribution is 2.18. The monoisotopic (exact) mass is 806 g/mol. The van der Waals surface area contributed by atoms with Crippen LogP contribution in [-0.2, 0) is 14.3 Å². The van der Waals surface area contributed by atoms with E-state index in [9.17, 15) is 19.8 Å². The maximum atomic E-state index is 13.1. The molecular weight excluding hydrogens is 707 g/mol. The maximum Gasteiger partial charge on any atom is 0.306 e. The number of ether oxygens (including phenoxy) is 1. The first-order valence-electron chi connectivity index (χ1n) is 25.4. The molecule has 0 heterocycles. The number of aliphatic hydroxyl groups is 2. The zero-order chi connectivity index (χ0) is 41.7. The van der Waals surface area contributed by atoms with Crippen molar-refractivity contribution < 1.29 is 24.5 Å². The number of esters is 1. The van der Waals surface area contributed by atoms with E-state index < -0.39 is 18.2 Å². The van der Waals surface area contributed by atoms with Crippen LogP contribution >= 0.6 is 0 Å². The van der Waals surface area contributed by atoms with Gasteiger partial charge in [0.05, 0.1) is 25.2 Å². The van der Waals surface area contributed by atoms with E-state index >= 15 is 0 Å². The fraction of sp³-hybridized carbons (Fsp3) is 0.922. The lowest BCUT2D eigenvalue weighted by atomic mass is 10.0. The van der Waals surface area contributed by atoms with Crippen molar-refractivity contribution in [3.63, 3.8) is 0 Å². The van der Waals surface area contributed by atoms with Crippen LogP contribution in [0.3, 0.4) is 0 Å². The molecule has 6 heteroatoms. The quantitative estimate of drug-likeness (QED) is 0.0323. The molecule has 0 saturated carbocycles. The van der Waals surface area contributed by atoms with E-state index in [-0.39, 0.29) is 24.9 Å². The fourth-order valence-corrected chi connectivity index (χ4v) is 7.96. The molecule has 0 aliphatic carbocycles. The summed E-state index contributed by atoms with van der Waals surface area (Å²) in [6.07, 6.45) is 50.0. The second-order valence-electron chi connectivity index (χ2n) is 17.6. The Morgan fingerprint density at radius 3 is 1.25 bits per heavy atom. The lowest BCUT2D eigenvalue weighted by Crippen LogP contribution is -2.46. The van der Waals surface area contributed by atoms with Crippen LogP contribution in [0.15, 0.2) is 12.2 Å². The van der Waals surface area contributed by atoms with Crippen molar-refractivity contribution in [3.8, 4) is 0 Å². The summed E-state index contributed by atoms with van der Waals surface area (Å²) in [5, 5.41) is 23.6. The van der Waals surface area contributed by atoms with Crippen molar-refractivity contribution in [1.82, 2.24) is 5.32 Å². The Bertz CT molecular complexity index is 863. The minimum absolute atomic E-state index is 0.0822. The van der Waals surface area contributed by atoms with Crippen molar-refractivity contribution in [2.24, 2.45) is 0 Å². The van der Waals surface area contributed by atoms with Gasteiger partial charge in [-0.05, 0) is 51.4 Å². The Kier molecular flexibility index (Phi) is 44.6. The summed E-state index contributed by atoms with van der Waals surface area (Å²) in [5.41, 5.74) is 0. The molecule has 0 bridgehead atoms. The first kappa shape index (κ1) is 55.6. The molecule has 3 atom stereocenters. The average molecular weight is 806 g/mol. The Hall–Kier alpha value is -1.40. The van der Waals surface area contributed by atoms with Gasteiger partial charge in [0.25, 0.3) is 0 Å². The molecule has 1 amide bonds. The van der Waals surface area contributed by atoms with E-state index in [1.54, 1.807) is 0 Å². The summed E-state index contributed by atoms with van der Waals surface area (Å²) in [6.45, 7) is 6.46. The number of carbonyl (C=O) groups is 2. The van der Waals surface area contributed by atoms with Gasteiger partial charge in [0.1, 0.15) is 6.10 Å². The summed E-state index contributed by atoms with van der Waals surface area (Å²) in [5.74, 6) is -0.467. The lowest BCUT2D eigenvalue weighted by molar-refractivity contribution is -0.151. The van der Waals surface area contributed by atoms with Gasteiger partial charge in [-0.15, -0.1) is 0 Å². The molecule has 57 heavy (non-hydrogen) atoms. The van der Waals surface area contributed by atoms with Gasteiger partial charge in [-0.3, -0.25) is 9.59 Å². The number of hydrogen-bond donors (Lipinski definition) is 3. The largest absolute Gasteiger partial charge is 0.462 e. The second-order valence-corrected chi connectivity index (χ2v) is 17.6. The first-order valence-corrected chi connectivity index (χ1v) is 25.4. The number of carbonyl (C=O) groups excluding carboxylic acids is 2. The minimum Gasteiger partial charge on any atom is -0.462 e. The zero-order valence-electron chi connectivity index (χ0n) is 38.5. The Morgan fingerprint density at radius 1 is 0.491 bits per heavy atom. The van der Waals surface area contributed by atoms with E-state index in [4.69, 9.17) is 4.74 Å². The third kappa shape index (κ3) is 41.1. The number of hydrogen-bond acceptors (Lipinski definition) is 5. The predicted octanol–water partition coefficient (Wildman–Crippen LogP) is 15.0. The molecule has 0 aromatic rings. The predicted molar refractivity (Wildman–Crippen MR) is 246 cm³/mol. The van der Waals surface area contributed by atoms with Gasteiger partial charge in [-0.2, -0.15) is 0 Å². The summed E-state index contributed by atoms with van der Waals surface area (Å²) in [6, 6.07) is -0.693. The molecule has 0 rings (SSSR count). The average Bonchev–Trinajstić information content (AvgIpc) is 3.20. The van der Waals surface area contributed by atoms with Gasteiger partial charge >= 0.3 is 5.97 Å². The van der Waals surface area contributed by atoms with Gasteiger partial charge in [-0.25, -0.2) is 0 Å². The number of amides is 1. The molecule has 0 spiro atoms. The number of unbranched alkanes of at least 4 members (excludes halogenated alkanes) is 32. The number of rotatable bonds is 46. The van der Waals surface area contributed by atoms with Crippen LogP contribution in [0.25, 0.3) is 0 Å². The normalized spacial score (nSPS) is 13.3. The maximum absolute atomic E-state index is 13.1. The van der Waals surface area contributed by atoms with E-state index in [1.165, 1.54) is 186 Å². The van der Waals surface area contributed by atoms with E-state index in [0.29, 0.717) is 19.3 Å². The topological polar surface area (TPSA) is 95.9 Å². The summed E-state index contributed by atoms with van der Waals surface area (Å²) in [4.78, 5) is 26.0. The van der Waals surface area contributed by atoms with Crippen molar-refractivity contribution in [2.75, 3.05) is 6.61 Å². The van der Waals surface area contributed by atoms with Crippen LogP contribution in [0.4, 0.5) is 0 Å². The molecule has 338 valence electrons. The molecule has 0 aliphatic heterocycles. The van der Waals surface area contributed by atoms with Crippen LogP contribution in [0.2, 0.25) is 0 Å². The van der Waals surface area contributed by atoms with E-state index in [2.05, 4.69) is 38.2 Å². The van der Waals surface area contributed by atoms with Gasteiger partial charge < -0.3 is 20.3 Å². The molecule has 0 fully saturated rings. The number of allylic oxidation sites excluding steroid dienone is 2. The molecule has 0 aromatic carbocycles. The summed E-state index contributed by atoms with van der Waals surface area (Å²) >= 11 is 0. The highest BCUT2D eigenvalue weighted by Gasteiger charge is 2.24. The number of nitrogens with one attached hydrogen (secondary N) is 1. The summed E-state index contributed by atoms with van der Waals surface area (Å²) < 4.78 is 5.90. The van der Waals surface area contributed by atoms with Gasteiger partial charge in [0.2, 0.25) is 5.91 Å². The van der Waals surface area contributed by atoms with Crippen molar-refractivity contribution in [3.05, 3.63) is 12.2 Å². The van der Waals surface area contributed by atoms with Crippen molar-refractivity contribution in [2.45, 2.75) is 296 Å². The third-order valence-electron chi connectivity index (χ3n) is 11.8. The molecule has 0 aromatic heterocycles.